The summed E-state index contributed by atoms with van der Waals surface area (Å²) in [4.78, 5) is 2.36. The summed E-state index contributed by atoms with van der Waals surface area (Å²) in [6.45, 7) is 4.19. The van der Waals surface area contributed by atoms with Gasteiger partial charge in [-0.2, -0.15) is 0 Å². The molecule has 4 nitrogen and oxygen atoms in total. The summed E-state index contributed by atoms with van der Waals surface area (Å²) < 4.78 is 17.0. The van der Waals surface area contributed by atoms with Crippen molar-refractivity contribution >= 4 is 10.8 Å². The molecular weight excluding hydrogens is 260 g/mol. The highest BCUT2D eigenvalue weighted by atomic mass is 32.2. The number of nitrogens with two attached hydrogens (primary N) is 1. The van der Waals surface area contributed by atoms with Crippen molar-refractivity contribution in [3.05, 3.63) is 29.8 Å². The Morgan fingerprint density at radius 1 is 1.32 bits per heavy atom. The highest BCUT2D eigenvalue weighted by molar-refractivity contribution is 7.85. The van der Waals surface area contributed by atoms with Crippen LogP contribution in [0.1, 0.15) is 12.0 Å². The first kappa shape index (κ1) is 14.5. The fraction of sp³-hybridized carbons (Fsp3) is 0.571. The molecule has 0 saturated carbocycles. The largest absolute Gasteiger partial charge is 0.494 e. The van der Waals surface area contributed by atoms with Gasteiger partial charge in [0.1, 0.15) is 5.75 Å². The van der Waals surface area contributed by atoms with Crippen LogP contribution >= 0.6 is 0 Å². The van der Waals surface area contributed by atoms with Gasteiger partial charge in [-0.1, -0.05) is 12.1 Å². The van der Waals surface area contributed by atoms with Crippen LogP contribution in [-0.2, 0) is 17.3 Å². The molecule has 2 rings (SSSR count). The van der Waals surface area contributed by atoms with Gasteiger partial charge in [0.25, 0.3) is 0 Å². The first-order chi connectivity index (χ1) is 9.28. The van der Waals surface area contributed by atoms with E-state index in [0.717, 1.165) is 48.9 Å². The van der Waals surface area contributed by atoms with Crippen LogP contribution in [0.4, 0.5) is 0 Å². The Bertz CT molecular complexity index is 416. The summed E-state index contributed by atoms with van der Waals surface area (Å²) in [5.74, 6) is 2.53. The molecule has 0 aliphatic carbocycles. The van der Waals surface area contributed by atoms with Gasteiger partial charge in [0.05, 0.1) is 6.61 Å². The normalized spacial score (nSPS) is 17.5. The van der Waals surface area contributed by atoms with Gasteiger partial charge in [0, 0.05) is 48.5 Å². The van der Waals surface area contributed by atoms with Crippen molar-refractivity contribution in [2.75, 3.05) is 37.7 Å². The first-order valence-electron chi connectivity index (χ1n) is 6.77. The van der Waals surface area contributed by atoms with Crippen molar-refractivity contribution in [2.45, 2.75) is 13.0 Å². The predicted octanol–water partition coefficient (Wildman–Crippen LogP) is 0.978. The quantitative estimate of drug-likeness (QED) is 0.790. The third-order valence-corrected chi connectivity index (χ3v) is 4.57. The Morgan fingerprint density at radius 3 is 2.84 bits per heavy atom. The molecule has 1 aliphatic heterocycles. The van der Waals surface area contributed by atoms with Crippen LogP contribution < -0.4 is 10.5 Å². The van der Waals surface area contributed by atoms with E-state index in [1.165, 1.54) is 0 Å². The van der Waals surface area contributed by atoms with E-state index in [1.54, 1.807) is 0 Å². The van der Waals surface area contributed by atoms with E-state index in [2.05, 4.69) is 4.90 Å². The summed E-state index contributed by atoms with van der Waals surface area (Å²) in [6, 6.07) is 7.92. The van der Waals surface area contributed by atoms with Crippen molar-refractivity contribution in [2.24, 2.45) is 5.73 Å². The molecule has 2 N–H and O–H groups in total. The third-order valence-electron chi connectivity index (χ3n) is 3.29. The number of hydrogen-bond donors (Lipinski definition) is 1. The first-order valence-corrected chi connectivity index (χ1v) is 8.26. The van der Waals surface area contributed by atoms with Gasteiger partial charge in [-0.15, -0.1) is 0 Å². The van der Waals surface area contributed by atoms with Gasteiger partial charge in [-0.05, 0) is 24.1 Å². The van der Waals surface area contributed by atoms with Gasteiger partial charge in [0.2, 0.25) is 0 Å². The lowest BCUT2D eigenvalue weighted by Crippen LogP contribution is -2.38. The van der Waals surface area contributed by atoms with E-state index in [1.807, 2.05) is 24.3 Å². The van der Waals surface area contributed by atoms with Gasteiger partial charge >= 0.3 is 0 Å². The van der Waals surface area contributed by atoms with Crippen LogP contribution in [-0.4, -0.2) is 46.9 Å². The van der Waals surface area contributed by atoms with Crippen molar-refractivity contribution in [1.29, 1.82) is 0 Å². The molecule has 1 fully saturated rings. The van der Waals surface area contributed by atoms with Gasteiger partial charge < -0.3 is 15.4 Å². The van der Waals surface area contributed by atoms with E-state index in [0.29, 0.717) is 13.2 Å². The molecule has 19 heavy (non-hydrogen) atoms. The van der Waals surface area contributed by atoms with Gasteiger partial charge in [-0.3, -0.25) is 4.21 Å². The molecule has 0 spiro atoms. The van der Waals surface area contributed by atoms with Gasteiger partial charge in [0.15, 0.2) is 0 Å². The van der Waals surface area contributed by atoms with Crippen LogP contribution in [0.3, 0.4) is 0 Å². The molecule has 0 unspecified atom stereocenters. The number of nitrogens with zero attached hydrogens (tertiary/aromatic N) is 1. The topological polar surface area (TPSA) is 55.6 Å². The molecule has 0 atom stereocenters. The second-order valence-electron chi connectivity index (χ2n) is 4.74. The standard InChI is InChI=1S/C14H22N2O2S/c15-12-13-3-1-4-14(11-13)18-8-2-5-16-6-9-19(17)10-7-16/h1,3-4,11H,2,5-10,12,15H2. The maximum atomic E-state index is 11.2. The minimum absolute atomic E-state index is 0.544. The monoisotopic (exact) mass is 282 g/mol. The van der Waals surface area contributed by atoms with Crippen molar-refractivity contribution in [1.82, 2.24) is 4.90 Å². The Morgan fingerprint density at radius 2 is 2.11 bits per heavy atom. The summed E-state index contributed by atoms with van der Waals surface area (Å²) in [5, 5.41) is 0. The second-order valence-corrected chi connectivity index (χ2v) is 6.44. The number of rotatable bonds is 6. The fourth-order valence-corrected chi connectivity index (χ4v) is 3.27. The maximum Gasteiger partial charge on any atom is 0.119 e. The average molecular weight is 282 g/mol. The Hall–Kier alpha value is -0.910. The molecule has 0 aromatic heterocycles. The minimum atomic E-state index is -0.586. The Kier molecular flexibility index (Phi) is 5.82. The molecule has 1 heterocycles. The lowest BCUT2D eigenvalue weighted by Gasteiger charge is -2.25. The number of ether oxygens (including phenoxy) is 1. The lowest BCUT2D eigenvalue weighted by molar-refractivity contribution is 0.247. The molecule has 1 saturated heterocycles. The van der Waals surface area contributed by atoms with E-state index < -0.39 is 10.8 Å². The van der Waals surface area contributed by atoms with Crippen LogP contribution in [0, 0.1) is 0 Å². The molecule has 106 valence electrons. The number of benzene rings is 1. The average Bonchev–Trinajstić information content (AvgIpc) is 2.46. The zero-order valence-electron chi connectivity index (χ0n) is 11.2. The molecule has 0 amide bonds. The van der Waals surface area contributed by atoms with Gasteiger partial charge in [-0.25, -0.2) is 0 Å². The fourth-order valence-electron chi connectivity index (χ4n) is 2.14. The Labute approximate surface area is 117 Å². The molecule has 0 radical (unpaired) electrons. The van der Waals surface area contributed by atoms with E-state index in [9.17, 15) is 4.21 Å². The summed E-state index contributed by atoms with van der Waals surface area (Å²) in [6.07, 6.45) is 0.999. The van der Waals surface area contributed by atoms with E-state index in [4.69, 9.17) is 10.5 Å². The third kappa shape index (κ3) is 4.93. The van der Waals surface area contributed by atoms with E-state index >= 15 is 0 Å². The summed E-state index contributed by atoms with van der Waals surface area (Å²) >= 11 is 0. The SMILES string of the molecule is NCc1cccc(OCCCN2CCS(=O)CC2)c1. The molecule has 1 aromatic rings. The number of hydrogen-bond acceptors (Lipinski definition) is 4. The zero-order chi connectivity index (χ0) is 13.5. The smallest absolute Gasteiger partial charge is 0.119 e. The second kappa shape index (κ2) is 7.62. The molecular formula is C14H22N2O2S. The molecule has 1 aliphatic rings. The molecule has 0 bridgehead atoms. The maximum absolute atomic E-state index is 11.2. The van der Waals surface area contributed by atoms with Crippen LogP contribution in [0.15, 0.2) is 24.3 Å². The Balaban J connectivity index is 1.64. The minimum Gasteiger partial charge on any atom is -0.494 e. The van der Waals surface area contributed by atoms with Crippen molar-refractivity contribution in [3.63, 3.8) is 0 Å². The zero-order valence-corrected chi connectivity index (χ0v) is 12.0. The van der Waals surface area contributed by atoms with Crippen LogP contribution in [0.2, 0.25) is 0 Å². The highest BCUT2D eigenvalue weighted by Crippen LogP contribution is 2.13. The predicted molar refractivity (Wildman–Crippen MR) is 78.8 cm³/mol. The van der Waals surface area contributed by atoms with E-state index in [-0.39, 0.29) is 0 Å². The highest BCUT2D eigenvalue weighted by Gasteiger charge is 2.14. The van der Waals surface area contributed by atoms with Crippen LogP contribution in [0.25, 0.3) is 0 Å². The molecule has 1 aromatic carbocycles. The van der Waals surface area contributed by atoms with Crippen molar-refractivity contribution in [3.8, 4) is 5.75 Å². The summed E-state index contributed by atoms with van der Waals surface area (Å²) in [5.41, 5.74) is 6.69. The lowest BCUT2D eigenvalue weighted by atomic mass is 10.2. The summed E-state index contributed by atoms with van der Waals surface area (Å²) in [7, 11) is -0.586. The molecule has 5 heteroatoms. The van der Waals surface area contributed by atoms with Crippen molar-refractivity contribution < 1.29 is 8.95 Å². The van der Waals surface area contributed by atoms with Crippen LogP contribution in [0.5, 0.6) is 5.75 Å².